The van der Waals surface area contributed by atoms with Gasteiger partial charge >= 0.3 is 0 Å². The molecule has 0 bridgehead atoms. The maximum absolute atomic E-state index is 5.48. The summed E-state index contributed by atoms with van der Waals surface area (Å²) in [4.78, 5) is 0. The molecule has 0 rings (SSSR count). The summed E-state index contributed by atoms with van der Waals surface area (Å²) in [6.07, 6.45) is 5.08. The van der Waals surface area contributed by atoms with Crippen molar-refractivity contribution in [1.82, 2.24) is 5.32 Å². The highest BCUT2D eigenvalue weighted by Crippen LogP contribution is 1.97. The minimum Gasteiger partial charge on any atom is -0.329 e. The van der Waals surface area contributed by atoms with Gasteiger partial charge in [0.1, 0.15) is 0 Å². The van der Waals surface area contributed by atoms with E-state index < -0.39 is 0 Å². The molecule has 0 heterocycles. The van der Waals surface area contributed by atoms with Crippen LogP contribution in [0.4, 0.5) is 0 Å². The third-order valence-corrected chi connectivity index (χ3v) is 1.52. The topological polar surface area (TPSA) is 38.0 Å². The Hall–Kier alpha value is -0.520. The van der Waals surface area contributed by atoms with E-state index in [-0.39, 0.29) is 0 Å². The smallest absolute Gasteiger partial charge is 0.0576 e. The molecule has 10 heavy (non-hydrogen) atoms. The highest BCUT2D eigenvalue weighted by atomic mass is 14.9. The minimum atomic E-state index is 0.357. The third-order valence-electron chi connectivity index (χ3n) is 1.52. The quantitative estimate of drug-likeness (QED) is 0.547. The van der Waals surface area contributed by atoms with E-state index in [1.807, 2.05) is 0 Å². The monoisotopic (exact) mass is 140 g/mol. The summed E-state index contributed by atoms with van der Waals surface area (Å²) in [7, 11) is 0. The number of terminal acetylenes is 1. The van der Waals surface area contributed by atoms with Gasteiger partial charge in [0.2, 0.25) is 0 Å². The van der Waals surface area contributed by atoms with Gasteiger partial charge in [-0.25, -0.2) is 0 Å². The lowest BCUT2D eigenvalue weighted by Crippen LogP contribution is -2.40. The van der Waals surface area contributed by atoms with Crippen molar-refractivity contribution in [2.45, 2.75) is 19.9 Å². The van der Waals surface area contributed by atoms with Gasteiger partial charge in [0.25, 0.3) is 0 Å². The summed E-state index contributed by atoms with van der Waals surface area (Å²) in [5.74, 6) is 3.07. The highest BCUT2D eigenvalue weighted by Gasteiger charge is 2.08. The molecule has 0 amide bonds. The molecule has 0 aliphatic rings. The van der Waals surface area contributed by atoms with Gasteiger partial charge in [0, 0.05) is 12.6 Å². The van der Waals surface area contributed by atoms with Crippen LogP contribution in [0.5, 0.6) is 0 Å². The second kappa shape index (κ2) is 5.28. The predicted octanol–water partition coefficient (Wildman–Crippen LogP) is 0.192. The van der Waals surface area contributed by atoms with E-state index >= 15 is 0 Å². The lowest BCUT2D eigenvalue weighted by Gasteiger charge is -2.18. The van der Waals surface area contributed by atoms with Crippen LogP contribution in [0.25, 0.3) is 0 Å². The van der Waals surface area contributed by atoms with E-state index in [0.717, 1.165) is 0 Å². The largest absolute Gasteiger partial charge is 0.329 e. The molecule has 3 N–H and O–H groups in total. The van der Waals surface area contributed by atoms with Gasteiger partial charge in [-0.15, -0.1) is 6.42 Å². The number of hydrogen-bond donors (Lipinski definition) is 2. The average molecular weight is 140 g/mol. The van der Waals surface area contributed by atoms with Crippen LogP contribution in [-0.4, -0.2) is 19.1 Å². The van der Waals surface area contributed by atoms with E-state index in [2.05, 4.69) is 25.1 Å². The zero-order valence-corrected chi connectivity index (χ0v) is 6.72. The molecule has 1 unspecified atom stereocenters. The lowest BCUT2D eigenvalue weighted by atomic mass is 10.1. The van der Waals surface area contributed by atoms with Crippen molar-refractivity contribution >= 4 is 0 Å². The Morgan fingerprint density at radius 2 is 2.20 bits per heavy atom. The molecule has 0 aromatic heterocycles. The first-order valence-electron chi connectivity index (χ1n) is 3.59. The first-order chi connectivity index (χ1) is 4.72. The highest BCUT2D eigenvalue weighted by molar-refractivity contribution is 4.88. The van der Waals surface area contributed by atoms with Gasteiger partial charge in [-0.1, -0.05) is 19.8 Å². The molecule has 0 aromatic rings. The molecule has 58 valence electrons. The van der Waals surface area contributed by atoms with Crippen LogP contribution in [0.3, 0.4) is 0 Å². The van der Waals surface area contributed by atoms with Crippen LogP contribution in [0.15, 0.2) is 0 Å². The zero-order chi connectivity index (χ0) is 7.98. The SMILES string of the molecule is C#CCNC(CN)C(C)C. The van der Waals surface area contributed by atoms with Crippen LogP contribution in [-0.2, 0) is 0 Å². The maximum atomic E-state index is 5.48. The normalized spacial score (nSPS) is 13.1. The first-order valence-corrected chi connectivity index (χ1v) is 3.59. The van der Waals surface area contributed by atoms with Gasteiger partial charge < -0.3 is 11.1 Å². The van der Waals surface area contributed by atoms with Crippen LogP contribution < -0.4 is 11.1 Å². The Labute approximate surface area is 63.2 Å². The van der Waals surface area contributed by atoms with Gasteiger partial charge in [-0.2, -0.15) is 0 Å². The number of nitrogens with one attached hydrogen (secondary N) is 1. The Balaban J connectivity index is 3.52. The van der Waals surface area contributed by atoms with Crippen molar-refractivity contribution in [3.05, 3.63) is 0 Å². The van der Waals surface area contributed by atoms with Crippen molar-refractivity contribution in [3.8, 4) is 12.3 Å². The summed E-state index contributed by atoms with van der Waals surface area (Å²) in [5, 5.41) is 3.16. The van der Waals surface area contributed by atoms with Crippen molar-refractivity contribution in [2.75, 3.05) is 13.1 Å². The summed E-state index contributed by atoms with van der Waals surface area (Å²) in [6.45, 7) is 5.52. The number of rotatable bonds is 4. The molecule has 1 atom stereocenters. The standard InChI is InChI=1S/C8H16N2/c1-4-5-10-8(6-9)7(2)3/h1,7-8,10H,5-6,9H2,2-3H3. The lowest BCUT2D eigenvalue weighted by molar-refractivity contribution is 0.424. The molecular weight excluding hydrogens is 124 g/mol. The van der Waals surface area contributed by atoms with Gasteiger partial charge in [0.15, 0.2) is 0 Å². The van der Waals surface area contributed by atoms with E-state index in [0.29, 0.717) is 25.0 Å². The molecule has 0 spiro atoms. The van der Waals surface area contributed by atoms with Gasteiger partial charge in [-0.05, 0) is 5.92 Å². The molecule has 0 aliphatic carbocycles. The molecule has 2 heteroatoms. The Bertz CT molecular complexity index is 113. The number of nitrogens with two attached hydrogens (primary N) is 1. The zero-order valence-electron chi connectivity index (χ0n) is 6.72. The van der Waals surface area contributed by atoms with Crippen LogP contribution in [0, 0.1) is 18.3 Å². The molecule has 0 radical (unpaired) electrons. The molecule has 0 fully saturated rings. The van der Waals surface area contributed by atoms with Crippen LogP contribution in [0.1, 0.15) is 13.8 Å². The fourth-order valence-corrected chi connectivity index (χ4v) is 0.781. The van der Waals surface area contributed by atoms with Crippen molar-refractivity contribution in [2.24, 2.45) is 11.7 Å². The predicted molar refractivity (Wildman–Crippen MR) is 44.5 cm³/mol. The van der Waals surface area contributed by atoms with E-state index in [1.54, 1.807) is 0 Å². The van der Waals surface area contributed by atoms with Gasteiger partial charge in [-0.3, -0.25) is 0 Å². The Morgan fingerprint density at radius 3 is 2.50 bits per heavy atom. The summed E-state index contributed by atoms with van der Waals surface area (Å²) < 4.78 is 0. The van der Waals surface area contributed by atoms with Crippen molar-refractivity contribution < 1.29 is 0 Å². The second-order valence-electron chi connectivity index (χ2n) is 2.67. The van der Waals surface area contributed by atoms with E-state index in [4.69, 9.17) is 12.2 Å². The maximum Gasteiger partial charge on any atom is 0.0576 e. The summed E-state index contributed by atoms with van der Waals surface area (Å²) in [6, 6.07) is 0.357. The van der Waals surface area contributed by atoms with E-state index in [9.17, 15) is 0 Å². The fraction of sp³-hybridized carbons (Fsp3) is 0.750. The van der Waals surface area contributed by atoms with E-state index in [1.165, 1.54) is 0 Å². The molecule has 2 nitrogen and oxygen atoms in total. The molecular formula is C8H16N2. The summed E-state index contributed by atoms with van der Waals surface area (Å²) >= 11 is 0. The molecule has 0 saturated heterocycles. The first kappa shape index (κ1) is 9.48. The average Bonchev–Trinajstić information content (AvgIpc) is 1.89. The Kier molecular flexibility index (Phi) is 5.00. The second-order valence-corrected chi connectivity index (χ2v) is 2.67. The summed E-state index contributed by atoms with van der Waals surface area (Å²) in [5.41, 5.74) is 5.48. The van der Waals surface area contributed by atoms with Crippen molar-refractivity contribution in [3.63, 3.8) is 0 Å². The third kappa shape index (κ3) is 3.49. The fourth-order valence-electron chi connectivity index (χ4n) is 0.781. The van der Waals surface area contributed by atoms with Crippen molar-refractivity contribution in [1.29, 1.82) is 0 Å². The van der Waals surface area contributed by atoms with Gasteiger partial charge in [0.05, 0.1) is 6.54 Å². The molecule has 0 saturated carbocycles. The van der Waals surface area contributed by atoms with Crippen LogP contribution >= 0.6 is 0 Å². The molecule has 0 aliphatic heterocycles. The minimum absolute atomic E-state index is 0.357. The van der Waals surface area contributed by atoms with Crippen LogP contribution in [0.2, 0.25) is 0 Å². The molecule has 0 aromatic carbocycles. The Morgan fingerprint density at radius 1 is 1.60 bits per heavy atom. The number of hydrogen-bond acceptors (Lipinski definition) is 2.